The molecule has 1 rings (SSSR count). The number of nitrogens with zero attached hydrogens (tertiary/aromatic N) is 1. The zero-order chi connectivity index (χ0) is 15.3. The second kappa shape index (κ2) is 7.74. The molecule has 1 N–H and O–H groups in total. The summed E-state index contributed by atoms with van der Waals surface area (Å²) < 4.78 is 10.8. The van der Waals surface area contributed by atoms with Crippen molar-refractivity contribution in [2.75, 3.05) is 40.5 Å². The van der Waals surface area contributed by atoms with E-state index in [2.05, 4.69) is 44.8 Å². The molecule has 0 saturated carbocycles. The smallest absolute Gasteiger partial charge is 0.0931 e. The van der Waals surface area contributed by atoms with E-state index in [4.69, 9.17) is 9.47 Å². The van der Waals surface area contributed by atoms with Gasteiger partial charge in [-0.1, -0.05) is 34.6 Å². The molecule has 3 unspecified atom stereocenters. The first kappa shape index (κ1) is 17.9. The summed E-state index contributed by atoms with van der Waals surface area (Å²) in [6.45, 7) is 15.3. The molecule has 0 amide bonds. The van der Waals surface area contributed by atoms with Gasteiger partial charge in [-0.2, -0.15) is 0 Å². The molecule has 1 aliphatic heterocycles. The molecular formula is C16H34N2O2. The maximum Gasteiger partial charge on any atom is 0.0931 e. The molecule has 1 heterocycles. The summed E-state index contributed by atoms with van der Waals surface area (Å²) in [5.41, 5.74) is 0.282. The van der Waals surface area contributed by atoms with Gasteiger partial charge < -0.3 is 14.8 Å². The van der Waals surface area contributed by atoms with Crippen LogP contribution in [0.1, 0.15) is 34.6 Å². The summed E-state index contributed by atoms with van der Waals surface area (Å²) in [6, 6.07) is 1.10. The van der Waals surface area contributed by atoms with Gasteiger partial charge in [0.2, 0.25) is 0 Å². The molecule has 1 aliphatic rings. The van der Waals surface area contributed by atoms with E-state index in [-0.39, 0.29) is 11.5 Å². The van der Waals surface area contributed by atoms with Crippen LogP contribution in [0.25, 0.3) is 0 Å². The van der Waals surface area contributed by atoms with Crippen molar-refractivity contribution in [3.05, 3.63) is 0 Å². The van der Waals surface area contributed by atoms with Gasteiger partial charge in [-0.05, 0) is 11.3 Å². The lowest BCUT2D eigenvalue weighted by molar-refractivity contribution is -0.0239. The summed E-state index contributed by atoms with van der Waals surface area (Å²) in [5.74, 6) is 0.642. The lowest BCUT2D eigenvalue weighted by atomic mass is 9.83. The van der Waals surface area contributed by atoms with E-state index in [0.29, 0.717) is 24.6 Å². The third kappa shape index (κ3) is 4.99. The number of piperazine rings is 1. The molecule has 0 aliphatic carbocycles. The highest BCUT2D eigenvalue weighted by Gasteiger charge is 2.35. The van der Waals surface area contributed by atoms with E-state index in [9.17, 15) is 0 Å². The minimum absolute atomic E-state index is 0.153. The van der Waals surface area contributed by atoms with E-state index in [1.54, 1.807) is 14.2 Å². The number of hydrogen-bond donors (Lipinski definition) is 1. The largest absolute Gasteiger partial charge is 0.382 e. The first-order chi connectivity index (χ1) is 9.29. The van der Waals surface area contributed by atoms with Crippen molar-refractivity contribution in [2.45, 2.75) is 52.8 Å². The Balaban J connectivity index is 2.73. The fourth-order valence-electron chi connectivity index (χ4n) is 2.92. The SMILES string of the molecule is COCC(CN1CC(C(C)(C)C)NCC1C(C)C)OC. The molecular weight excluding hydrogens is 252 g/mol. The van der Waals surface area contributed by atoms with E-state index in [1.807, 2.05) is 0 Å². The lowest BCUT2D eigenvalue weighted by Crippen LogP contribution is -2.62. The van der Waals surface area contributed by atoms with E-state index in [0.717, 1.165) is 19.6 Å². The maximum absolute atomic E-state index is 5.56. The third-order valence-corrected chi connectivity index (χ3v) is 4.40. The van der Waals surface area contributed by atoms with Gasteiger partial charge in [-0.25, -0.2) is 0 Å². The highest BCUT2D eigenvalue weighted by molar-refractivity contribution is 4.93. The Bertz CT molecular complexity index is 276. The monoisotopic (exact) mass is 286 g/mol. The third-order valence-electron chi connectivity index (χ3n) is 4.40. The standard InChI is InChI=1S/C16H34N2O2/c1-12(2)14-8-17-15(16(3,4)5)10-18(14)9-13(20-7)11-19-6/h12-15,17H,8-11H2,1-7H3. The van der Waals surface area contributed by atoms with Gasteiger partial charge >= 0.3 is 0 Å². The summed E-state index contributed by atoms with van der Waals surface area (Å²) in [6.07, 6.45) is 0.153. The zero-order valence-corrected chi connectivity index (χ0v) is 14.4. The van der Waals surface area contributed by atoms with Crippen LogP contribution in [-0.4, -0.2) is 63.5 Å². The fourth-order valence-corrected chi connectivity index (χ4v) is 2.92. The lowest BCUT2D eigenvalue weighted by Gasteiger charge is -2.47. The van der Waals surface area contributed by atoms with E-state index < -0.39 is 0 Å². The molecule has 20 heavy (non-hydrogen) atoms. The first-order valence-electron chi connectivity index (χ1n) is 7.78. The Morgan fingerprint density at radius 2 is 1.90 bits per heavy atom. The van der Waals surface area contributed by atoms with Crippen molar-refractivity contribution in [1.82, 2.24) is 10.2 Å². The minimum atomic E-state index is 0.153. The minimum Gasteiger partial charge on any atom is -0.382 e. The second-order valence-corrected chi connectivity index (χ2v) is 7.41. The molecule has 0 bridgehead atoms. The first-order valence-corrected chi connectivity index (χ1v) is 7.78. The number of nitrogens with one attached hydrogen (secondary N) is 1. The molecule has 0 aromatic rings. The average Bonchev–Trinajstić information content (AvgIpc) is 2.36. The Morgan fingerprint density at radius 1 is 1.25 bits per heavy atom. The molecule has 0 aromatic heterocycles. The van der Waals surface area contributed by atoms with E-state index in [1.165, 1.54) is 0 Å². The maximum atomic E-state index is 5.56. The number of ether oxygens (including phenoxy) is 2. The Morgan fingerprint density at radius 3 is 2.35 bits per heavy atom. The predicted octanol–water partition coefficient (Wildman–Crippen LogP) is 1.99. The molecule has 120 valence electrons. The predicted molar refractivity (Wildman–Crippen MR) is 84.1 cm³/mol. The molecule has 1 fully saturated rings. The van der Waals surface area contributed by atoms with Crippen LogP contribution in [0.5, 0.6) is 0 Å². The van der Waals surface area contributed by atoms with Crippen molar-refractivity contribution in [3.8, 4) is 0 Å². The normalized spacial score (nSPS) is 27.0. The van der Waals surface area contributed by atoms with Crippen LogP contribution in [0.15, 0.2) is 0 Å². The van der Waals surface area contributed by atoms with Crippen LogP contribution < -0.4 is 5.32 Å². The van der Waals surface area contributed by atoms with Crippen molar-refractivity contribution >= 4 is 0 Å². The fraction of sp³-hybridized carbons (Fsp3) is 1.00. The van der Waals surface area contributed by atoms with Crippen LogP contribution in [0.2, 0.25) is 0 Å². The molecule has 4 nitrogen and oxygen atoms in total. The number of methoxy groups -OCH3 is 2. The number of hydrogen-bond acceptors (Lipinski definition) is 4. The summed E-state index contributed by atoms with van der Waals surface area (Å²) >= 11 is 0. The van der Waals surface area contributed by atoms with Crippen molar-refractivity contribution in [3.63, 3.8) is 0 Å². The number of rotatable bonds is 6. The molecule has 3 atom stereocenters. The van der Waals surface area contributed by atoms with Gasteiger partial charge in [0.1, 0.15) is 0 Å². The highest BCUT2D eigenvalue weighted by atomic mass is 16.5. The molecule has 4 heteroatoms. The van der Waals surface area contributed by atoms with Crippen LogP contribution in [0.3, 0.4) is 0 Å². The van der Waals surface area contributed by atoms with Crippen LogP contribution in [-0.2, 0) is 9.47 Å². The quantitative estimate of drug-likeness (QED) is 0.810. The molecule has 1 saturated heterocycles. The highest BCUT2D eigenvalue weighted by Crippen LogP contribution is 2.25. The van der Waals surface area contributed by atoms with Gasteiger partial charge in [0.25, 0.3) is 0 Å². The molecule has 0 aromatic carbocycles. The van der Waals surface area contributed by atoms with Gasteiger partial charge in [0.05, 0.1) is 12.7 Å². The van der Waals surface area contributed by atoms with E-state index >= 15 is 0 Å². The average molecular weight is 286 g/mol. The molecule has 0 radical (unpaired) electrons. The van der Waals surface area contributed by atoms with Gasteiger partial charge in [-0.3, -0.25) is 4.90 Å². The van der Waals surface area contributed by atoms with Crippen LogP contribution >= 0.6 is 0 Å². The zero-order valence-electron chi connectivity index (χ0n) is 14.4. The Hall–Kier alpha value is -0.160. The summed E-state index contributed by atoms with van der Waals surface area (Å²) in [5, 5.41) is 3.73. The summed E-state index contributed by atoms with van der Waals surface area (Å²) in [7, 11) is 3.51. The summed E-state index contributed by atoms with van der Waals surface area (Å²) in [4.78, 5) is 2.59. The van der Waals surface area contributed by atoms with Crippen molar-refractivity contribution in [2.24, 2.45) is 11.3 Å². The topological polar surface area (TPSA) is 33.7 Å². The van der Waals surface area contributed by atoms with Gasteiger partial charge in [-0.15, -0.1) is 0 Å². The van der Waals surface area contributed by atoms with Crippen molar-refractivity contribution < 1.29 is 9.47 Å². The van der Waals surface area contributed by atoms with Crippen molar-refractivity contribution in [1.29, 1.82) is 0 Å². The molecule has 0 spiro atoms. The second-order valence-electron chi connectivity index (χ2n) is 7.41. The van der Waals surface area contributed by atoms with Crippen LogP contribution in [0.4, 0.5) is 0 Å². The van der Waals surface area contributed by atoms with Gasteiger partial charge in [0.15, 0.2) is 0 Å². The van der Waals surface area contributed by atoms with Gasteiger partial charge in [0, 0.05) is 45.9 Å². The Kier molecular flexibility index (Phi) is 6.92. The Labute approximate surface area is 125 Å². The van der Waals surface area contributed by atoms with Crippen LogP contribution in [0, 0.1) is 11.3 Å².